The van der Waals surface area contributed by atoms with Gasteiger partial charge >= 0.3 is 0 Å². The van der Waals surface area contributed by atoms with Crippen LogP contribution in [0.1, 0.15) is 25.0 Å². The Bertz CT molecular complexity index is 291. The van der Waals surface area contributed by atoms with Crippen molar-refractivity contribution in [2.75, 3.05) is 0 Å². The molecule has 76 valence electrons. The fourth-order valence-electron chi connectivity index (χ4n) is 1.05. The Hall–Kier alpha value is -0.950. The van der Waals surface area contributed by atoms with E-state index in [1.54, 1.807) is 6.08 Å². The molecule has 0 saturated carbocycles. The molecule has 0 radical (unpaired) electrons. The first-order valence-corrected chi connectivity index (χ1v) is 5.28. The van der Waals surface area contributed by atoms with Crippen LogP contribution in [0, 0.1) is 6.92 Å². The van der Waals surface area contributed by atoms with E-state index < -0.39 is 0 Å². The molecule has 1 aromatic rings. The van der Waals surface area contributed by atoms with Crippen LogP contribution in [0.3, 0.4) is 0 Å². The molecule has 0 aromatic heterocycles. The largest absolute Gasteiger partial charge is 0.143 e. The van der Waals surface area contributed by atoms with Gasteiger partial charge in [-0.15, -0.1) is 12.6 Å². The quantitative estimate of drug-likeness (QED) is 0.534. The lowest BCUT2D eigenvalue weighted by Gasteiger charge is -2.02. The van der Waals surface area contributed by atoms with Gasteiger partial charge in [-0.2, -0.15) is 0 Å². The zero-order chi connectivity index (χ0) is 11.0. The summed E-state index contributed by atoms with van der Waals surface area (Å²) in [6.07, 6.45) is 5.70. The minimum absolute atomic E-state index is 1.01. The molecule has 1 heteroatoms. The molecule has 0 aliphatic rings. The first-order valence-electron chi connectivity index (χ1n) is 4.83. The Morgan fingerprint density at radius 2 is 1.93 bits per heavy atom. The number of hydrogen-bond donors (Lipinski definition) is 1. The molecule has 0 saturated heterocycles. The molecule has 0 aliphatic heterocycles. The summed E-state index contributed by atoms with van der Waals surface area (Å²) in [7, 11) is 0. The van der Waals surface area contributed by atoms with Gasteiger partial charge in [0.25, 0.3) is 0 Å². The highest BCUT2D eigenvalue weighted by Gasteiger charge is 1.96. The van der Waals surface area contributed by atoms with E-state index in [9.17, 15) is 0 Å². The second-order valence-corrected chi connectivity index (χ2v) is 3.08. The van der Waals surface area contributed by atoms with Crippen LogP contribution in [-0.2, 0) is 0 Å². The fourth-order valence-corrected chi connectivity index (χ4v) is 1.38. The van der Waals surface area contributed by atoms with Crippen LogP contribution in [0.25, 0.3) is 6.08 Å². The van der Waals surface area contributed by atoms with Crippen molar-refractivity contribution in [3.05, 3.63) is 48.1 Å². The van der Waals surface area contributed by atoms with E-state index in [2.05, 4.69) is 32.2 Å². The molecule has 0 aliphatic carbocycles. The monoisotopic (exact) mass is 206 g/mol. The molecular formula is C13H18S. The van der Waals surface area contributed by atoms with Gasteiger partial charge in [0.15, 0.2) is 0 Å². The Morgan fingerprint density at radius 1 is 1.29 bits per heavy atom. The average molecular weight is 206 g/mol. The van der Waals surface area contributed by atoms with Crippen LogP contribution in [0.2, 0.25) is 0 Å². The molecule has 0 unspecified atom stereocenters. The number of rotatable bonds is 2. The van der Waals surface area contributed by atoms with Crippen LogP contribution in [0.4, 0.5) is 0 Å². The van der Waals surface area contributed by atoms with Gasteiger partial charge in [0.05, 0.1) is 0 Å². The van der Waals surface area contributed by atoms with Gasteiger partial charge in [-0.3, -0.25) is 0 Å². The molecule has 14 heavy (non-hydrogen) atoms. The molecule has 1 rings (SSSR count). The standard InChI is InChI=1S/C11H12S.C2H6/c1-3-4-7-10-9(2)6-5-8-11(10)12;1-2/h3-8,12H,1H2,2H3;1-2H3/b7-4-;. The Balaban J connectivity index is 0.000000791. The third-order valence-electron chi connectivity index (χ3n) is 1.70. The van der Waals surface area contributed by atoms with Crippen LogP contribution in [0.15, 0.2) is 41.8 Å². The number of allylic oxidation sites excluding steroid dienone is 2. The van der Waals surface area contributed by atoms with Gasteiger partial charge < -0.3 is 0 Å². The SMILES string of the molecule is C=C/C=C\c1c(C)cccc1S.CC. The number of thiol groups is 1. The lowest BCUT2D eigenvalue weighted by atomic mass is 10.1. The van der Waals surface area contributed by atoms with E-state index in [1.165, 1.54) is 11.1 Å². The average Bonchev–Trinajstić information content (AvgIpc) is 2.20. The van der Waals surface area contributed by atoms with Crippen molar-refractivity contribution in [1.82, 2.24) is 0 Å². The maximum atomic E-state index is 4.35. The molecule has 1 aromatic carbocycles. The maximum Gasteiger partial charge on any atom is 0.0115 e. The first kappa shape index (κ1) is 13.1. The minimum Gasteiger partial charge on any atom is -0.143 e. The first-order chi connectivity index (χ1) is 6.75. The highest BCUT2D eigenvalue weighted by Crippen LogP contribution is 2.18. The van der Waals surface area contributed by atoms with Crippen molar-refractivity contribution >= 4 is 18.7 Å². The lowest BCUT2D eigenvalue weighted by molar-refractivity contribution is 1.33. The minimum atomic E-state index is 1.01. The van der Waals surface area contributed by atoms with Crippen molar-refractivity contribution < 1.29 is 0 Å². The zero-order valence-corrected chi connectivity index (χ0v) is 10.0. The number of hydrogen-bond acceptors (Lipinski definition) is 1. The third kappa shape index (κ3) is 3.84. The smallest absolute Gasteiger partial charge is 0.0115 e. The summed E-state index contributed by atoms with van der Waals surface area (Å²) in [6.45, 7) is 9.70. The summed E-state index contributed by atoms with van der Waals surface area (Å²) in [4.78, 5) is 1.01. The van der Waals surface area contributed by atoms with Crippen LogP contribution < -0.4 is 0 Å². The van der Waals surface area contributed by atoms with Crippen LogP contribution in [0.5, 0.6) is 0 Å². The van der Waals surface area contributed by atoms with E-state index >= 15 is 0 Å². The van der Waals surface area contributed by atoms with E-state index in [-0.39, 0.29) is 0 Å². The summed E-state index contributed by atoms with van der Waals surface area (Å²) in [5, 5.41) is 0. The molecule has 0 spiro atoms. The molecule has 0 bridgehead atoms. The van der Waals surface area contributed by atoms with Gasteiger partial charge in [0.2, 0.25) is 0 Å². The lowest BCUT2D eigenvalue weighted by Crippen LogP contribution is -1.81. The van der Waals surface area contributed by atoms with Gasteiger partial charge in [-0.25, -0.2) is 0 Å². The molecule has 0 amide bonds. The molecule has 0 N–H and O–H groups in total. The second-order valence-electron chi connectivity index (χ2n) is 2.60. The van der Waals surface area contributed by atoms with Crippen LogP contribution in [-0.4, -0.2) is 0 Å². The fraction of sp³-hybridized carbons (Fsp3) is 0.231. The van der Waals surface area contributed by atoms with Crippen molar-refractivity contribution in [2.45, 2.75) is 25.7 Å². The van der Waals surface area contributed by atoms with Gasteiger partial charge in [-0.1, -0.05) is 50.8 Å². The molecule has 0 atom stereocenters. The van der Waals surface area contributed by atoms with Crippen molar-refractivity contribution in [3.8, 4) is 0 Å². The van der Waals surface area contributed by atoms with Crippen molar-refractivity contribution in [3.63, 3.8) is 0 Å². The molecule has 0 fully saturated rings. The predicted molar refractivity (Wildman–Crippen MR) is 69.0 cm³/mol. The molecule has 0 heterocycles. The highest BCUT2D eigenvalue weighted by atomic mass is 32.1. The predicted octanol–water partition coefficient (Wildman–Crippen LogP) is 4.51. The summed E-state index contributed by atoms with van der Waals surface area (Å²) in [5.41, 5.74) is 2.40. The Kier molecular flexibility index (Phi) is 6.95. The van der Waals surface area contributed by atoms with Crippen molar-refractivity contribution in [2.24, 2.45) is 0 Å². The maximum absolute atomic E-state index is 4.35. The third-order valence-corrected chi connectivity index (χ3v) is 2.09. The summed E-state index contributed by atoms with van der Waals surface area (Å²) in [6, 6.07) is 6.06. The topological polar surface area (TPSA) is 0 Å². The number of aryl methyl sites for hydroxylation is 1. The van der Waals surface area contributed by atoms with Gasteiger partial charge in [0.1, 0.15) is 0 Å². The summed E-state index contributed by atoms with van der Waals surface area (Å²) in [5.74, 6) is 0. The van der Waals surface area contributed by atoms with Crippen LogP contribution >= 0.6 is 12.6 Å². The van der Waals surface area contributed by atoms with E-state index in [4.69, 9.17) is 0 Å². The molecular weight excluding hydrogens is 188 g/mol. The van der Waals surface area contributed by atoms with E-state index in [0.29, 0.717) is 0 Å². The Morgan fingerprint density at radius 3 is 2.43 bits per heavy atom. The molecule has 0 nitrogen and oxygen atoms in total. The van der Waals surface area contributed by atoms with Crippen molar-refractivity contribution in [1.29, 1.82) is 0 Å². The normalized spacial score (nSPS) is 9.43. The highest BCUT2D eigenvalue weighted by molar-refractivity contribution is 7.80. The van der Waals surface area contributed by atoms with Gasteiger partial charge in [0, 0.05) is 4.90 Å². The van der Waals surface area contributed by atoms with E-state index in [1.807, 2.05) is 38.1 Å². The number of benzene rings is 1. The summed E-state index contributed by atoms with van der Waals surface area (Å²) >= 11 is 4.35. The van der Waals surface area contributed by atoms with E-state index in [0.717, 1.165) is 4.90 Å². The zero-order valence-electron chi connectivity index (χ0n) is 9.12. The van der Waals surface area contributed by atoms with Gasteiger partial charge in [-0.05, 0) is 24.1 Å². The Labute approximate surface area is 92.8 Å². The summed E-state index contributed by atoms with van der Waals surface area (Å²) < 4.78 is 0. The second kappa shape index (κ2) is 7.45.